The first-order valence-corrected chi connectivity index (χ1v) is 9.59. The van der Waals surface area contributed by atoms with Crippen LogP contribution >= 0.6 is 27.5 Å². The Kier molecular flexibility index (Phi) is 6.65. The van der Waals surface area contributed by atoms with Crippen LogP contribution < -0.4 is 14.8 Å². The molecule has 146 valence electrons. The Morgan fingerprint density at radius 1 is 1.11 bits per heavy atom. The number of phenols is 1. The van der Waals surface area contributed by atoms with E-state index in [4.69, 9.17) is 21.1 Å². The summed E-state index contributed by atoms with van der Waals surface area (Å²) in [6.07, 6.45) is 0. The smallest absolute Gasteiger partial charge is 0.175 e. The van der Waals surface area contributed by atoms with Crippen LogP contribution in [-0.4, -0.2) is 12.2 Å². The third kappa shape index (κ3) is 5.09. The maximum Gasteiger partial charge on any atom is 0.175 e. The van der Waals surface area contributed by atoms with Crippen LogP contribution in [0.3, 0.4) is 0 Å². The second-order valence-electron chi connectivity index (χ2n) is 6.03. The Balaban J connectivity index is 1.72. The summed E-state index contributed by atoms with van der Waals surface area (Å²) in [6.45, 7) is 0.739. The number of phenolic OH excluding ortho intramolecular Hbond substituents is 1. The number of hydrogen-bond donors (Lipinski definition) is 2. The van der Waals surface area contributed by atoms with Gasteiger partial charge >= 0.3 is 0 Å². The number of halogens is 3. The van der Waals surface area contributed by atoms with Gasteiger partial charge in [-0.3, -0.25) is 0 Å². The molecule has 0 radical (unpaired) electrons. The fourth-order valence-corrected chi connectivity index (χ4v) is 3.41. The van der Waals surface area contributed by atoms with E-state index in [0.717, 1.165) is 15.7 Å². The van der Waals surface area contributed by atoms with Crippen molar-refractivity contribution < 1.29 is 19.0 Å². The van der Waals surface area contributed by atoms with Crippen molar-refractivity contribution in [1.82, 2.24) is 0 Å². The number of aromatic hydroxyl groups is 1. The molecule has 0 aliphatic carbocycles. The first-order chi connectivity index (χ1) is 13.5. The van der Waals surface area contributed by atoms with Gasteiger partial charge in [0.05, 0.1) is 16.6 Å². The minimum atomic E-state index is -0.391. The van der Waals surface area contributed by atoms with Crippen LogP contribution in [-0.2, 0) is 13.2 Å². The van der Waals surface area contributed by atoms with E-state index in [1.54, 1.807) is 37.4 Å². The van der Waals surface area contributed by atoms with Gasteiger partial charge < -0.3 is 19.9 Å². The molecular formula is C21H18BrClFNO3. The average Bonchev–Trinajstić information content (AvgIpc) is 2.67. The summed E-state index contributed by atoms with van der Waals surface area (Å²) in [7, 11) is 1.57. The van der Waals surface area contributed by atoms with Crippen molar-refractivity contribution in [1.29, 1.82) is 0 Å². The quantitative estimate of drug-likeness (QED) is 0.410. The fraction of sp³-hybridized carbons (Fsp3) is 0.143. The highest BCUT2D eigenvalue weighted by atomic mass is 79.9. The number of rotatable bonds is 7. The molecule has 0 amide bonds. The Labute approximate surface area is 176 Å². The van der Waals surface area contributed by atoms with E-state index in [9.17, 15) is 9.50 Å². The van der Waals surface area contributed by atoms with E-state index in [0.29, 0.717) is 28.6 Å². The molecule has 0 heterocycles. The summed E-state index contributed by atoms with van der Waals surface area (Å²) in [5, 5.41) is 12.9. The maximum absolute atomic E-state index is 13.2. The highest BCUT2D eigenvalue weighted by Gasteiger charge is 2.13. The highest BCUT2D eigenvalue weighted by molar-refractivity contribution is 9.10. The van der Waals surface area contributed by atoms with Gasteiger partial charge in [0.1, 0.15) is 18.2 Å². The van der Waals surface area contributed by atoms with Gasteiger partial charge in [-0.15, -0.1) is 0 Å². The van der Waals surface area contributed by atoms with Crippen LogP contribution in [0.15, 0.2) is 59.1 Å². The zero-order valence-electron chi connectivity index (χ0n) is 15.0. The van der Waals surface area contributed by atoms with Crippen molar-refractivity contribution in [3.63, 3.8) is 0 Å². The molecule has 0 aliphatic heterocycles. The zero-order valence-corrected chi connectivity index (χ0v) is 17.3. The largest absolute Gasteiger partial charge is 0.508 e. The summed E-state index contributed by atoms with van der Waals surface area (Å²) in [6, 6.07) is 14.8. The molecule has 4 nitrogen and oxygen atoms in total. The van der Waals surface area contributed by atoms with E-state index < -0.39 is 5.82 Å². The molecule has 0 aromatic heterocycles. The van der Waals surface area contributed by atoms with Crippen molar-refractivity contribution in [2.45, 2.75) is 13.2 Å². The molecule has 0 atom stereocenters. The van der Waals surface area contributed by atoms with Gasteiger partial charge in [-0.1, -0.05) is 17.7 Å². The topological polar surface area (TPSA) is 50.7 Å². The van der Waals surface area contributed by atoms with Crippen LogP contribution in [0.5, 0.6) is 17.2 Å². The average molecular weight is 467 g/mol. The van der Waals surface area contributed by atoms with Crippen LogP contribution in [0.2, 0.25) is 5.02 Å². The summed E-state index contributed by atoms with van der Waals surface area (Å²) in [4.78, 5) is 0. The molecule has 0 unspecified atom stereocenters. The lowest BCUT2D eigenvalue weighted by molar-refractivity contribution is 0.282. The predicted octanol–water partition coefficient (Wildman–Crippen LogP) is 6.15. The van der Waals surface area contributed by atoms with Gasteiger partial charge in [0.2, 0.25) is 0 Å². The molecule has 2 N–H and O–H groups in total. The van der Waals surface area contributed by atoms with Crippen molar-refractivity contribution in [3.8, 4) is 17.2 Å². The Morgan fingerprint density at radius 2 is 1.86 bits per heavy atom. The minimum Gasteiger partial charge on any atom is -0.508 e. The summed E-state index contributed by atoms with van der Waals surface area (Å²) < 4.78 is 25.2. The van der Waals surface area contributed by atoms with Gasteiger partial charge in [0.25, 0.3) is 0 Å². The number of hydrogen-bond acceptors (Lipinski definition) is 4. The van der Waals surface area contributed by atoms with E-state index in [1.165, 1.54) is 12.1 Å². The first-order valence-electron chi connectivity index (χ1n) is 8.42. The zero-order chi connectivity index (χ0) is 20.1. The molecule has 0 fully saturated rings. The molecule has 28 heavy (non-hydrogen) atoms. The second-order valence-corrected chi connectivity index (χ2v) is 7.30. The van der Waals surface area contributed by atoms with Crippen molar-refractivity contribution in [2.24, 2.45) is 0 Å². The monoisotopic (exact) mass is 465 g/mol. The number of methoxy groups -OCH3 is 1. The molecule has 0 bridgehead atoms. The van der Waals surface area contributed by atoms with Crippen molar-refractivity contribution in [2.75, 3.05) is 12.4 Å². The van der Waals surface area contributed by atoms with Gasteiger partial charge in [0.15, 0.2) is 11.5 Å². The van der Waals surface area contributed by atoms with Crippen LogP contribution in [0.1, 0.15) is 11.1 Å². The van der Waals surface area contributed by atoms with Gasteiger partial charge in [-0.25, -0.2) is 4.39 Å². The third-order valence-corrected chi connectivity index (χ3v) is 4.98. The SMILES string of the molecule is COc1cc(CNc2ccc(O)cc2)cc(Br)c1OCc1ccc(F)cc1Cl. The minimum absolute atomic E-state index is 0.180. The molecule has 3 aromatic rings. The van der Waals surface area contributed by atoms with Gasteiger partial charge in [-0.05, 0) is 70.0 Å². The van der Waals surface area contributed by atoms with Gasteiger partial charge in [0, 0.05) is 17.8 Å². The number of anilines is 1. The summed E-state index contributed by atoms with van der Waals surface area (Å²) in [5.74, 6) is 0.933. The Morgan fingerprint density at radius 3 is 2.54 bits per heavy atom. The fourth-order valence-electron chi connectivity index (χ4n) is 2.59. The standard InChI is InChI=1S/C21H18BrClFNO3/c1-27-20-9-13(11-25-16-4-6-17(26)7-5-16)8-18(22)21(20)28-12-14-2-3-15(24)10-19(14)23/h2-10,25-26H,11-12H2,1H3. The molecule has 0 saturated carbocycles. The molecule has 0 saturated heterocycles. The first kappa shape index (κ1) is 20.3. The van der Waals surface area contributed by atoms with E-state index in [1.807, 2.05) is 12.1 Å². The molecule has 0 spiro atoms. The Bertz CT molecular complexity index is 967. The van der Waals surface area contributed by atoms with E-state index in [-0.39, 0.29) is 12.4 Å². The van der Waals surface area contributed by atoms with Crippen molar-refractivity contribution in [3.05, 3.63) is 81.0 Å². The number of benzene rings is 3. The van der Waals surface area contributed by atoms with Gasteiger partial charge in [-0.2, -0.15) is 0 Å². The van der Waals surface area contributed by atoms with Crippen LogP contribution in [0, 0.1) is 5.82 Å². The second kappa shape index (κ2) is 9.17. The number of nitrogens with one attached hydrogen (secondary N) is 1. The molecule has 3 aromatic carbocycles. The van der Waals surface area contributed by atoms with Crippen molar-refractivity contribution >= 4 is 33.2 Å². The lowest BCUT2D eigenvalue weighted by Gasteiger charge is -2.15. The van der Waals surface area contributed by atoms with Crippen LogP contribution in [0.4, 0.5) is 10.1 Å². The summed E-state index contributed by atoms with van der Waals surface area (Å²) in [5.41, 5.74) is 2.54. The normalized spacial score (nSPS) is 10.6. The molecule has 7 heteroatoms. The highest BCUT2D eigenvalue weighted by Crippen LogP contribution is 2.37. The Hall–Kier alpha value is -2.44. The molecule has 3 rings (SSSR count). The van der Waals surface area contributed by atoms with E-state index >= 15 is 0 Å². The summed E-state index contributed by atoms with van der Waals surface area (Å²) >= 11 is 9.58. The molecular weight excluding hydrogens is 449 g/mol. The lowest BCUT2D eigenvalue weighted by atomic mass is 10.2. The predicted molar refractivity (Wildman–Crippen MR) is 112 cm³/mol. The molecule has 0 aliphatic rings. The maximum atomic E-state index is 13.2. The third-order valence-electron chi connectivity index (χ3n) is 4.04. The van der Waals surface area contributed by atoms with E-state index in [2.05, 4.69) is 21.2 Å². The van der Waals surface area contributed by atoms with Crippen LogP contribution in [0.25, 0.3) is 0 Å². The lowest BCUT2D eigenvalue weighted by Crippen LogP contribution is -2.03. The number of ether oxygens (including phenoxy) is 2.